The first-order valence-corrected chi connectivity index (χ1v) is 7.04. The molecule has 1 amide bonds. The van der Waals surface area contributed by atoms with Gasteiger partial charge in [0.25, 0.3) is 0 Å². The van der Waals surface area contributed by atoms with Gasteiger partial charge in [0.2, 0.25) is 5.91 Å². The third kappa shape index (κ3) is 4.17. The Morgan fingerprint density at radius 1 is 1.17 bits per heavy atom. The minimum Gasteiger partial charge on any atom is -0.457 e. The quantitative estimate of drug-likeness (QED) is 0.880. The van der Waals surface area contributed by atoms with Gasteiger partial charge in [-0.05, 0) is 36.2 Å². The zero-order valence-corrected chi connectivity index (χ0v) is 12.9. The molecule has 2 rings (SSSR count). The molecule has 2 aromatic carbocycles. The van der Waals surface area contributed by atoms with Gasteiger partial charge in [0.15, 0.2) is 0 Å². The smallest absolute Gasteiger partial charge is 0.340 e. The number of nitriles is 1. The number of nitrogens with zero attached hydrogens (tertiary/aromatic N) is 1. The molecule has 0 atom stereocenters. The number of anilines is 1. The van der Waals surface area contributed by atoms with Crippen molar-refractivity contribution in [2.45, 2.75) is 20.5 Å². The van der Waals surface area contributed by atoms with E-state index in [1.807, 2.05) is 19.1 Å². The highest BCUT2D eigenvalue weighted by atomic mass is 16.5. The van der Waals surface area contributed by atoms with Crippen molar-refractivity contribution in [3.05, 3.63) is 64.7 Å². The summed E-state index contributed by atoms with van der Waals surface area (Å²) in [6.45, 7) is 3.29. The van der Waals surface area contributed by atoms with Gasteiger partial charge in [0.05, 0.1) is 22.9 Å². The number of esters is 1. The number of hydrogen-bond acceptors (Lipinski definition) is 4. The fourth-order valence-corrected chi connectivity index (χ4v) is 2.08. The Labute approximate surface area is 134 Å². The van der Waals surface area contributed by atoms with Crippen molar-refractivity contribution in [1.82, 2.24) is 0 Å². The van der Waals surface area contributed by atoms with E-state index in [0.717, 1.165) is 11.1 Å². The topological polar surface area (TPSA) is 79.2 Å². The molecule has 0 aliphatic heterocycles. The number of carbonyl (C=O) groups is 2. The van der Waals surface area contributed by atoms with Gasteiger partial charge in [-0.1, -0.05) is 24.3 Å². The van der Waals surface area contributed by atoms with Crippen LogP contribution in [-0.2, 0) is 16.1 Å². The van der Waals surface area contributed by atoms with Crippen LogP contribution in [0.4, 0.5) is 5.69 Å². The summed E-state index contributed by atoms with van der Waals surface area (Å²) in [5.41, 5.74) is 2.89. The Bertz CT molecular complexity index is 774. The first-order valence-electron chi connectivity index (χ1n) is 7.04. The van der Waals surface area contributed by atoms with E-state index in [0.29, 0.717) is 16.8 Å². The van der Waals surface area contributed by atoms with Gasteiger partial charge < -0.3 is 10.1 Å². The van der Waals surface area contributed by atoms with Gasteiger partial charge in [-0.3, -0.25) is 4.79 Å². The molecule has 23 heavy (non-hydrogen) atoms. The van der Waals surface area contributed by atoms with E-state index in [4.69, 9.17) is 10.00 Å². The molecule has 5 nitrogen and oxygen atoms in total. The van der Waals surface area contributed by atoms with Crippen LogP contribution in [-0.4, -0.2) is 11.9 Å². The zero-order valence-electron chi connectivity index (χ0n) is 12.9. The van der Waals surface area contributed by atoms with Crippen LogP contribution in [0.25, 0.3) is 0 Å². The Balaban J connectivity index is 2.12. The number of nitrogens with one attached hydrogen (secondary N) is 1. The molecule has 0 aliphatic carbocycles. The summed E-state index contributed by atoms with van der Waals surface area (Å²) < 4.78 is 5.29. The van der Waals surface area contributed by atoms with Crippen molar-refractivity contribution in [3.8, 4) is 6.07 Å². The van der Waals surface area contributed by atoms with Gasteiger partial charge in [-0.25, -0.2) is 4.79 Å². The van der Waals surface area contributed by atoms with Crippen LogP contribution in [0.1, 0.15) is 34.0 Å². The molecule has 5 heteroatoms. The largest absolute Gasteiger partial charge is 0.457 e. The van der Waals surface area contributed by atoms with E-state index in [-0.39, 0.29) is 12.5 Å². The number of aryl methyl sites for hydroxylation is 1. The first kappa shape index (κ1) is 16.2. The van der Waals surface area contributed by atoms with Crippen LogP contribution < -0.4 is 5.32 Å². The number of carbonyl (C=O) groups excluding carboxylic acids is 2. The molecule has 0 saturated carbocycles. The highest BCUT2D eigenvalue weighted by molar-refractivity contribution is 6.01. The Morgan fingerprint density at radius 3 is 2.48 bits per heavy atom. The van der Waals surface area contributed by atoms with Crippen molar-refractivity contribution >= 4 is 17.6 Å². The molecule has 0 saturated heterocycles. The standard InChI is InChI=1S/C18H16N2O3/c1-12-4-3-5-16(17(12)20-13(2)21)18(22)23-11-15-8-6-14(10-19)7-9-15/h3-9H,11H2,1-2H3,(H,20,21). The minimum atomic E-state index is -0.512. The summed E-state index contributed by atoms with van der Waals surface area (Å²) in [4.78, 5) is 23.6. The molecule has 116 valence electrons. The number of hydrogen-bond donors (Lipinski definition) is 1. The van der Waals surface area contributed by atoms with E-state index in [2.05, 4.69) is 5.32 Å². The summed E-state index contributed by atoms with van der Waals surface area (Å²) in [7, 11) is 0. The third-order valence-corrected chi connectivity index (χ3v) is 3.25. The number of amides is 1. The van der Waals surface area contributed by atoms with Crippen LogP contribution in [0.15, 0.2) is 42.5 Å². The number of rotatable bonds is 4. The predicted octanol–water partition coefficient (Wildman–Crippen LogP) is 3.18. The van der Waals surface area contributed by atoms with Gasteiger partial charge in [0, 0.05) is 6.92 Å². The second-order valence-electron chi connectivity index (χ2n) is 5.06. The Kier molecular flexibility index (Phi) is 5.11. The molecule has 0 aliphatic rings. The minimum absolute atomic E-state index is 0.0952. The number of benzene rings is 2. The summed E-state index contributed by atoms with van der Waals surface area (Å²) >= 11 is 0. The number of ether oxygens (including phenoxy) is 1. The van der Waals surface area contributed by atoms with Crippen LogP contribution in [0.5, 0.6) is 0 Å². The molecular weight excluding hydrogens is 292 g/mol. The lowest BCUT2D eigenvalue weighted by atomic mass is 10.1. The second-order valence-corrected chi connectivity index (χ2v) is 5.06. The van der Waals surface area contributed by atoms with E-state index < -0.39 is 5.97 Å². The van der Waals surface area contributed by atoms with Gasteiger partial charge in [-0.15, -0.1) is 0 Å². The molecule has 0 radical (unpaired) electrons. The molecular formula is C18H16N2O3. The molecule has 1 N–H and O–H groups in total. The third-order valence-electron chi connectivity index (χ3n) is 3.25. The van der Waals surface area contributed by atoms with Gasteiger partial charge >= 0.3 is 5.97 Å². The predicted molar refractivity (Wildman–Crippen MR) is 85.8 cm³/mol. The van der Waals surface area contributed by atoms with Crippen LogP contribution >= 0.6 is 0 Å². The Morgan fingerprint density at radius 2 is 1.87 bits per heavy atom. The summed E-state index contributed by atoms with van der Waals surface area (Å²) in [6, 6.07) is 14.0. The normalized spacial score (nSPS) is 9.78. The summed E-state index contributed by atoms with van der Waals surface area (Å²) in [5.74, 6) is -0.762. The molecule has 0 unspecified atom stereocenters. The van der Waals surface area contributed by atoms with Crippen molar-refractivity contribution in [2.75, 3.05) is 5.32 Å². The highest BCUT2D eigenvalue weighted by Crippen LogP contribution is 2.22. The van der Waals surface area contributed by atoms with Crippen molar-refractivity contribution < 1.29 is 14.3 Å². The van der Waals surface area contributed by atoms with Gasteiger partial charge in [0.1, 0.15) is 6.61 Å². The van der Waals surface area contributed by atoms with E-state index in [1.54, 1.807) is 36.4 Å². The van der Waals surface area contributed by atoms with Crippen molar-refractivity contribution in [3.63, 3.8) is 0 Å². The lowest BCUT2D eigenvalue weighted by molar-refractivity contribution is -0.114. The van der Waals surface area contributed by atoms with Crippen LogP contribution in [0.2, 0.25) is 0 Å². The maximum Gasteiger partial charge on any atom is 0.340 e. The fourth-order valence-electron chi connectivity index (χ4n) is 2.08. The first-order chi connectivity index (χ1) is 11.0. The highest BCUT2D eigenvalue weighted by Gasteiger charge is 2.15. The monoisotopic (exact) mass is 308 g/mol. The van der Waals surface area contributed by atoms with Gasteiger partial charge in [-0.2, -0.15) is 5.26 Å². The molecule has 0 spiro atoms. The molecule has 0 bridgehead atoms. The lowest BCUT2D eigenvalue weighted by Crippen LogP contribution is -2.14. The Hall–Kier alpha value is -3.13. The summed E-state index contributed by atoms with van der Waals surface area (Å²) in [6.07, 6.45) is 0. The lowest BCUT2D eigenvalue weighted by Gasteiger charge is -2.12. The average Bonchev–Trinajstić information content (AvgIpc) is 2.54. The SMILES string of the molecule is CC(=O)Nc1c(C)cccc1C(=O)OCc1ccc(C#N)cc1. The maximum atomic E-state index is 12.3. The van der Waals surface area contributed by atoms with Crippen LogP contribution in [0, 0.1) is 18.3 Å². The fraction of sp³-hybridized carbons (Fsp3) is 0.167. The van der Waals surface area contributed by atoms with Crippen molar-refractivity contribution in [2.24, 2.45) is 0 Å². The van der Waals surface area contributed by atoms with Crippen LogP contribution in [0.3, 0.4) is 0 Å². The molecule has 2 aromatic rings. The van der Waals surface area contributed by atoms with E-state index in [1.165, 1.54) is 6.92 Å². The maximum absolute atomic E-state index is 12.3. The molecule has 0 fully saturated rings. The van der Waals surface area contributed by atoms with E-state index >= 15 is 0 Å². The molecule has 0 aromatic heterocycles. The number of para-hydroxylation sites is 1. The summed E-state index contributed by atoms with van der Waals surface area (Å²) in [5, 5.41) is 11.4. The zero-order chi connectivity index (χ0) is 16.8. The molecule has 0 heterocycles. The van der Waals surface area contributed by atoms with Crippen molar-refractivity contribution in [1.29, 1.82) is 5.26 Å². The van der Waals surface area contributed by atoms with E-state index in [9.17, 15) is 9.59 Å². The average molecular weight is 308 g/mol. The second kappa shape index (κ2) is 7.23.